The molecule has 4 rings (SSSR count). The van der Waals surface area contributed by atoms with Crippen molar-refractivity contribution in [3.8, 4) is 17.2 Å². The van der Waals surface area contributed by atoms with E-state index in [9.17, 15) is 4.79 Å². The van der Waals surface area contributed by atoms with Crippen LogP contribution in [0.2, 0.25) is 0 Å². The maximum absolute atomic E-state index is 13.0. The lowest BCUT2D eigenvalue weighted by atomic mass is 9.81. The number of aromatic nitrogens is 2. The maximum atomic E-state index is 13.0. The molecule has 0 amide bonds. The lowest BCUT2D eigenvalue weighted by Gasteiger charge is -2.26. The Morgan fingerprint density at radius 2 is 1.61 bits per heavy atom. The normalized spacial score (nSPS) is 15.2. The van der Waals surface area contributed by atoms with E-state index in [0.29, 0.717) is 47.3 Å². The summed E-state index contributed by atoms with van der Waals surface area (Å²) < 4.78 is 16.4. The van der Waals surface area contributed by atoms with E-state index >= 15 is 0 Å². The summed E-state index contributed by atoms with van der Waals surface area (Å²) in [6, 6.07) is 13.5. The fraction of sp³-hybridized carbons (Fsp3) is 0.292. The van der Waals surface area contributed by atoms with Crippen molar-refractivity contribution in [1.29, 1.82) is 0 Å². The van der Waals surface area contributed by atoms with Gasteiger partial charge in [0.2, 0.25) is 11.7 Å². The van der Waals surface area contributed by atoms with E-state index < -0.39 is 0 Å². The number of ether oxygens (including phenoxy) is 3. The van der Waals surface area contributed by atoms with Gasteiger partial charge in [0.25, 0.3) is 0 Å². The van der Waals surface area contributed by atoms with Crippen LogP contribution in [0.4, 0.5) is 11.6 Å². The lowest BCUT2D eigenvalue weighted by Crippen LogP contribution is -2.23. The molecule has 1 N–H and O–H groups in total. The highest BCUT2D eigenvalue weighted by Crippen LogP contribution is 2.42. The lowest BCUT2D eigenvalue weighted by molar-refractivity contribution is 0.0962. The Balaban J connectivity index is 1.70. The van der Waals surface area contributed by atoms with Crippen LogP contribution < -0.4 is 19.5 Å². The third-order valence-corrected chi connectivity index (χ3v) is 5.50. The van der Waals surface area contributed by atoms with Crippen molar-refractivity contribution in [3.63, 3.8) is 0 Å². The van der Waals surface area contributed by atoms with Gasteiger partial charge >= 0.3 is 0 Å². The van der Waals surface area contributed by atoms with Gasteiger partial charge in [0, 0.05) is 12.1 Å². The van der Waals surface area contributed by atoms with Gasteiger partial charge in [-0.15, -0.1) is 0 Å². The second-order valence-corrected chi connectivity index (χ2v) is 7.43. The van der Waals surface area contributed by atoms with Gasteiger partial charge in [-0.05, 0) is 49.1 Å². The molecule has 1 aromatic heterocycles. The van der Waals surface area contributed by atoms with Crippen molar-refractivity contribution in [2.75, 3.05) is 26.6 Å². The molecule has 0 saturated carbocycles. The molecule has 2 aromatic carbocycles. The molecule has 0 spiro atoms. The molecular weight excluding hydrogens is 394 g/mol. The first-order valence-electron chi connectivity index (χ1n) is 10.1. The van der Waals surface area contributed by atoms with Crippen molar-refractivity contribution in [2.45, 2.75) is 25.7 Å². The third kappa shape index (κ3) is 4.03. The Labute approximate surface area is 181 Å². The van der Waals surface area contributed by atoms with E-state index in [1.807, 2.05) is 49.4 Å². The number of Topliss-reactive ketones (excluding diaryl/α,β-unsaturated/α-hetero) is 1. The van der Waals surface area contributed by atoms with Gasteiger partial charge in [-0.25, -0.2) is 9.97 Å². The maximum Gasteiger partial charge on any atom is 0.227 e. The number of benzene rings is 2. The quantitative estimate of drug-likeness (QED) is 0.631. The largest absolute Gasteiger partial charge is 0.493 e. The summed E-state index contributed by atoms with van der Waals surface area (Å²) in [5, 5.41) is 3.23. The summed E-state index contributed by atoms with van der Waals surface area (Å²) in [4.78, 5) is 22.2. The van der Waals surface area contributed by atoms with Gasteiger partial charge in [-0.2, -0.15) is 0 Å². The second-order valence-electron chi connectivity index (χ2n) is 7.43. The number of para-hydroxylation sites is 1. The molecule has 0 fully saturated rings. The summed E-state index contributed by atoms with van der Waals surface area (Å²) in [7, 11) is 4.74. The predicted molar refractivity (Wildman–Crippen MR) is 118 cm³/mol. The van der Waals surface area contributed by atoms with Crippen molar-refractivity contribution in [2.24, 2.45) is 0 Å². The monoisotopic (exact) mass is 419 g/mol. The van der Waals surface area contributed by atoms with Crippen LogP contribution in [0.15, 0.2) is 42.5 Å². The van der Waals surface area contributed by atoms with E-state index in [-0.39, 0.29) is 11.7 Å². The number of nitrogens with one attached hydrogen (secondary N) is 1. The molecule has 1 atom stereocenters. The Morgan fingerprint density at radius 1 is 0.935 bits per heavy atom. The molecule has 3 aromatic rings. The number of hydrogen-bond donors (Lipinski definition) is 1. The molecule has 7 heteroatoms. The number of anilines is 2. The van der Waals surface area contributed by atoms with Crippen molar-refractivity contribution >= 4 is 17.4 Å². The molecule has 0 aliphatic heterocycles. The van der Waals surface area contributed by atoms with E-state index in [0.717, 1.165) is 16.9 Å². The van der Waals surface area contributed by atoms with E-state index in [1.54, 1.807) is 21.3 Å². The SMILES string of the molecule is COc1cc([C@H]2CC(=O)c3c(C)nc(Nc4ccccc4)nc3C2)cc(OC)c1OC. The van der Waals surface area contributed by atoms with Crippen LogP contribution in [-0.4, -0.2) is 37.1 Å². The minimum Gasteiger partial charge on any atom is -0.493 e. The first-order chi connectivity index (χ1) is 15.0. The van der Waals surface area contributed by atoms with Gasteiger partial charge < -0.3 is 19.5 Å². The minimum atomic E-state index is -0.0485. The number of nitrogens with zero attached hydrogens (tertiary/aromatic N) is 2. The molecule has 0 unspecified atom stereocenters. The molecule has 7 nitrogen and oxygen atoms in total. The Bertz CT molecular complexity index is 1090. The molecule has 1 aliphatic rings. The molecule has 1 aliphatic carbocycles. The molecule has 0 bridgehead atoms. The highest BCUT2D eigenvalue weighted by Gasteiger charge is 2.31. The van der Waals surface area contributed by atoms with Crippen molar-refractivity contribution < 1.29 is 19.0 Å². The van der Waals surface area contributed by atoms with Crippen molar-refractivity contribution in [1.82, 2.24) is 9.97 Å². The van der Waals surface area contributed by atoms with Gasteiger partial charge in [0.15, 0.2) is 17.3 Å². The summed E-state index contributed by atoms with van der Waals surface area (Å²) in [5.74, 6) is 2.15. The average Bonchev–Trinajstić information content (AvgIpc) is 2.78. The number of aryl methyl sites for hydroxylation is 1. The van der Waals surface area contributed by atoms with Gasteiger partial charge in [0.1, 0.15) is 0 Å². The Kier molecular flexibility index (Phi) is 5.75. The summed E-state index contributed by atoms with van der Waals surface area (Å²) in [6.45, 7) is 1.86. The second kappa shape index (κ2) is 8.63. The number of carbonyl (C=O) groups excluding carboxylic acids is 1. The average molecular weight is 419 g/mol. The van der Waals surface area contributed by atoms with Gasteiger partial charge in [-0.1, -0.05) is 18.2 Å². The molecule has 31 heavy (non-hydrogen) atoms. The summed E-state index contributed by atoms with van der Waals surface area (Å²) >= 11 is 0. The van der Waals surface area contributed by atoms with Crippen molar-refractivity contribution in [3.05, 3.63) is 65.0 Å². The molecule has 1 heterocycles. The van der Waals surface area contributed by atoms with Crippen LogP contribution in [0.1, 0.15) is 39.6 Å². The predicted octanol–water partition coefficient (Wildman–Crippen LogP) is 4.47. The first kappa shape index (κ1) is 20.7. The fourth-order valence-electron chi connectivity index (χ4n) is 4.05. The highest BCUT2D eigenvalue weighted by molar-refractivity contribution is 5.99. The number of ketones is 1. The van der Waals surface area contributed by atoms with Crippen LogP contribution in [0.3, 0.4) is 0 Å². The Hall–Kier alpha value is -3.61. The zero-order valence-corrected chi connectivity index (χ0v) is 18.1. The number of methoxy groups -OCH3 is 3. The van der Waals surface area contributed by atoms with Crippen LogP contribution in [-0.2, 0) is 6.42 Å². The van der Waals surface area contributed by atoms with Crippen LogP contribution in [0.25, 0.3) is 0 Å². The minimum absolute atomic E-state index is 0.0452. The Morgan fingerprint density at radius 3 is 2.23 bits per heavy atom. The van der Waals surface area contributed by atoms with Crippen LogP contribution in [0.5, 0.6) is 17.2 Å². The first-order valence-corrected chi connectivity index (χ1v) is 10.1. The summed E-state index contributed by atoms with van der Waals surface area (Å²) in [6.07, 6.45) is 0.994. The van der Waals surface area contributed by atoms with Crippen LogP contribution >= 0.6 is 0 Å². The van der Waals surface area contributed by atoms with Crippen LogP contribution in [0, 0.1) is 6.92 Å². The molecule has 160 valence electrons. The third-order valence-electron chi connectivity index (χ3n) is 5.50. The highest BCUT2D eigenvalue weighted by atomic mass is 16.5. The smallest absolute Gasteiger partial charge is 0.227 e. The van der Waals surface area contributed by atoms with E-state index in [1.165, 1.54) is 0 Å². The fourth-order valence-corrected chi connectivity index (χ4v) is 4.05. The molecule has 0 saturated heterocycles. The zero-order chi connectivity index (χ0) is 22.0. The zero-order valence-electron chi connectivity index (χ0n) is 18.1. The summed E-state index contributed by atoms with van der Waals surface area (Å²) in [5.41, 5.74) is 3.91. The molecule has 0 radical (unpaired) electrons. The van der Waals surface area contributed by atoms with E-state index in [4.69, 9.17) is 14.2 Å². The van der Waals surface area contributed by atoms with Gasteiger partial charge in [0.05, 0.1) is 38.3 Å². The molecular formula is C24H25N3O4. The topological polar surface area (TPSA) is 82.6 Å². The number of hydrogen-bond acceptors (Lipinski definition) is 7. The number of fused-ring (bicyclic) bond motifs is 1. The standard InChI is InChI=1S/C24H25N3O4/c1-14-22-18(27-24(25-14)26-17-8-6-5-7-9-17)10-15(11-19(22)28)16-12-20(29-2)23(31-4)21(13-16)30-3/h5-9,12-13,15H,10-11H2,1-4H3,(H,25,26,27)/t15-/m1/s1. The number of carbonyl (C=O) groups is 1. The van der Waals surface area contributed by atoms with Gasteiger partial charge in [-0.3, -0.25) is 4.79 Å². The number of rotatable bonds is 6. The van der Waals surface area contributed by atoms with E-state index in [2.05, 4.69) is 15.3 Å².